The highest BCUT2D eigenvalue weighted by Crippen LogP contribution is 2.31. The van der Waals surface area contributed by atoms with Crippen LogP contribution in [0.4, 0.5) is 5.69 Å². The average molecular weight is 391 g/mol. The number of rotatable bonds is 6. The summed E-state index contributed by atoms with van der Waals surface area (Å²) in [7, 11) is 0. The number of aromatic nitrogens is 1. The minimum Gasteiger partial charge on any atom is -0.388 e. The lowest BCUT2D eigenvalue weighted by molar-refractivity contribution is 0.0895. The molecule has 1 amide bonds. The van der Waals surface area contributed by atoms with Gasteiger partial charge in [-0.15, -0.1) is 0 Å². The molecule has 150 valence electrons. The monoisotopic (exact) mass is 391 g/mol. The summed E-state index contributed by atoms with van der Waals surface area (Å²) < 4.78 is 0. The predicted molar refractivity (Wildman–Crippen MR) is 113 cm³/mol. The Kier molecular flexibility index (Phi) is 5.36. The van der Waals surface area contributed by atoms with E-state index in [9.17, 15) is 14.7 Å². The molecule has 0 atom stereocenters. The van der Waals surface area contributed by atoms with Gasteiger partial charge in [-0.1, -0.05) is 30.3 Å². The van der Waals surface area contributed by atoms with Crippen LogP contribution < -0.4 is 10.6 Å². The van der Waals surface area contributed by atoms with E-state index < -0.39 is 18.3 Å². The molecule has 1 aliphatic heterocycles. The van der Waals surface area contributed by atoms with E-state index in [-0.39, 0.29) is 11.3 Å². The van der Waals surface area contributed by atoms with Crippen LogP contribution in [0.2, 0.25) is 0 Å². The number of anilines is 1. The first-order valence-corrected chi connectivity index (χ1v) is 9.95. The highest BCUT2D eigenvalue weighted by atomic mass is 16.3. The Morgan fingerprint density at radius 3 is 2.48 bits per heavy atom. The minimum absolute atomic E-state index is 0.0535. The lowest BCUT2D eigenvalue weighted by Gasteiger charge is -2.33. The van der Waals surface area contributed by atoms with E-state index in [2.05, 4.69) is 34.1 Å². The minimum atomic E-state index is -0.707. The number of H-pyrrole nitrogens is 1. The molecule has 4 rings (SSSR count). The molecule has 1 saturated heterocycles. The van der Waals surface area contributed by atoms with Crippen LogP contribution in [0.1, 0.15) is 39.3 Å². The Morgan fingerprint density at radius 1 is 1.10 bits per heavy atom. The topological polar surface area (TPSA) is 99.4 Å². The number of hydrogen-bond donors (Lipinski definition) is 3. The number of aliphatic hydroxyl groups is 1. The Labute approximate surface area is 169 Å². The molecule has 0 saturated carbocycles. The average Bonchev–Trinajstić information content (AvgIpc) is 3.13. The van der Waals surface area contributed by atoms with E-state index >= 15 is 0 Å². The quantitative estimate of drug-likeness (QED) is 0.563. The van der Waals surface area contributed by atoms with Crippen molar-refractivity contribution in [1.82, 2.24) is 4.98 Å². The number of fused-ring (bicyclic) bond motifs is 1. The molecule has 6 nitrogen and oxygen atoms in total. The van der Waals surface area contributed by atoms with Crippen LogP contribution >= 0.6 is 0 Å². The van der Waals surface area contributed by atoms with Crippen molar-refractivity contribution in [2.24, 2.45) is 11.7 Å². The normalized spacial score (nSPS) is 15.0. The number of nitrogens with zero attached hydrogens (tertiary/aromatic N) is 1. The number of ketones is 1. The van der Waals surface area contributed by atoms with Gasteiger partial charge in [0.2, 0.25) is 0 Å². The summed E-state index contributed by atoms with van der Waals surface area (Å²) in [6, 6.07) is 16.4. The molecule has 1 aromatic heterocycles. The van der Waals surface area contributed by atoms with Crippen molar-refractivity contribution in [2.75, 3.05) is 24.6 Å². The SMILES string of the molecule is NC(=O)c1[nH]c2ccc(N3CCC(Cc4ccccc4)CC3)cc2c1C(=O)CO. The van der Waals surface area contributed by atoms with Gasteiger partial charge >= 0.3 is 0 Å². The molecule has 0 radical (unpaired) electrons. The van der Waals surface area contributed by atoms with E-state index in [1.165, 1.54) is 5.56 Å². The predicted octanol–water partition coefficient (Wildman–Crippen LogP) is 2.90. The van der Waals surface area contributed by atoms with E-state index in [0.29, 0.717) is 16.8 Å². The fourth-order valence-corrected chi connectivity index (χ4v) is 4.27. The van der Waals surface area contributed by atoms with Gasteiger partial charge in [0.15, 0.2) is 5.78 Å². The van der Waals surface area contributed by atoms with Gasteiger partial charge in [0.05, 0.1) is 5.56 Å². The third-order valence-corrected chi connectivity index (χ3v) is 5.80. The molecule has 1 fully saturated rings. The number of carbonyl (C=O) groups excluding carboxylic acids is 2. The van der Waals surface area contributed by atoms with Gasteiger partial charge in [0.25, 0.3) is 5.91 Å². The first-order chi connectivity index (χ1) is 14.1. The van der Waals surface area contributed by atoms with Gasteiger partial charge in [0.1, 0.15) is 12.3 Å². The van der Waals surface area contributed by atoms with Crippen molar-refractivity contribution in [3.63, 3.8) is 0 Å². The second-order valence-corrected chi connectivity index (χ2v) is 7.67. The van der Waals surface area contributed by atoms with Gasteiger partial charge in [-0.2, -0.15) is 0 Å². The third-order valence-electron chi connectivity index (χ3n) is 5.80. The molecule has 29 heavy (non-hydrogen) atoms. The van der Waals surface area contributed by atoms with Crippen molar-refractivity contribution in [1.29, 1.82) is 0 Å². The Morgan fingerprint density at radius 2 is 1.83 bits per heavy atom. The molecule has 1 aliphatic rings. The Bertz CT molecular complexity index is 1030. The number of Topliss-reactive ketones (excluding diaryl/α,β-unsaturated/α-hetero) is 1. The number of piperidine rings is 1. The van der Waals surface area contributed by atoms with Crippen LogP contribution in [0.5, 0.6) is 0 Å². The number of carbonyl (C=O) groups is 2. The number of aromatic amines is 1. The summed E-state index contributed by atoms with van der Waals surface area (Å²) in [5.41, 5.74) is 8.70. The maximum Gasteiger partial charge on any atom is 0.265 e. The smallest absolute Gasteiger partial charge is 0.265 e. The van der Waals surface area contributed by atoms with Crippen LogP contribution in [0, 0.1) is 5.92 Å². The molecule has 4 N–H and O–H groups in total. The van der Waals surface area contributed by atoms with Crippen LogP contribution in [-0.2, 0) is 6.42 Å². The van der Waals surface area contributed by atoms with Gasteiger partial charge in [-0.05, 0) is 48.9 Å². The number of nitrogens with two attached hydrogens (primary N) is 1. The van der Waals surface area contributed by atoms with Gasteiger partial charge in [-0.3, -0.25) is 9.59 Å². The largest absolute Gasteiger partial charge is 0.388 e. The number of amides is 1. The number of aliphatic hydroxyl groups excluding tert-OH is 1. The maximum atomic E-state index is 12.2. The number of hydrogen-bond acceptors (Lipinski definition) is 4. The number of benzene rings is 2. The maximum absolute atomic E-state index is 12.2. The van der Waals surface area contributed by atoms with Crippen LogP contribution in [0.25, 0.3) is 10.9 Å². The summed E-state index contributed by atoms with van der Waals surface area (Å²) >= 11 is 0. The summed E-state index contributed by atoms with van der Waals surface area (Å²) in [6.07, 6.45) is 3.31. The zero-order valence-electron chi connectivity index (χ0n) is 16.2. The van der Waals surface area contributed by atoms with Crippen molar-refractivity contribution in [3.8, 4) is 0 Å². The van der Waals surface area contributed by atoms with Gasteiger partial charge in [0, 0.05) is 29.7 Å². The summed E-state index contributed by atoms with van der Waals surface area (Å²) in [5.74, 6) is -0.553. The first kappa shape index (κ1) is 19.2. The number of primary amides is 1. The first-order valence-electron chi connectivity index (χ1n) is 9.95. The lowest BCUT2D eigenvalue weighted by atomic mass is 9.90. The van der Waals surface area contributed by atoms with E-state index in [4.69, 9.17) is 5.73 Å². The molecule has 0 aliphatic carbocycles. The summed E-state index contributed by atoms with van der Waals surface area (Å²) in [5, 5.41) is 9.94. The second kappa shape index (κ2) is 8.09. The van der Waals surface area contributed by atoms with Crippen molar-refractivity contribution < 1.29 is 14.7 Å². The van der Waals surface area contributed by atoms with Gasteiger partial charge < -0.3 is 20.7 Å². The van der Waals surface area contributed by atoms with E-state index in [0.717, 1.165) is 38.0 Å². The standard InChI is InChI=1S/C23H25N3O3/c24-23(29)22-21(20(28)14-27)18-13-17(6-7-19(18)25-22)26-10-8-16(9-11-26)12-15-4-2-1-3-5-15/h1-7,13,16,25,27H,8-12,14H2,(H2,24,29). The summed E-state index contributed by atoms with van der Waals surface area (Å²) in [6.45, 7) is 1.22. The molecule has 0 spiro atoms. The van der Waals surface area contributed by atoms with Crippen LogP contribution in [0.15, 0.2) is 48.5 Å². The fourth-order valence-electron chi connectivity index (χ4n) is 4.27. The Hall–Kier alpha value is -3.12. The van der Waals surface area contributed by atoms with Gasteiger partial charge in [-0.25, -0.2) is 0 Å². The van der Waals surface area contributed by atoms with Crippen molar-refractivity contribution in [3.05, 3.63) is 65.4 Å². The molecule has 0 unspecified atom stereocenters. The Balaban J connectivity index is 1.54. The molecular weight excluding hydrogens is 366 g/mol. The fraction of sp³-hybridized carbons (Fsp3) is 0.304. The highest BCUT2D eigenvalue weighted by molar-refractivity contribution is 6.16. The van der Waals surface area contributed by atoms with Crippen LogP contribution in [-0.4, -0.2) is 41.5 Å². The molecule has 3 aromatic rings. The van der Waals surface area contributed by atoms with Crippen molar-refractivity contribution >= 4 is 28.3 Å². The molecule has 6 heteroatoms. The summed E-state index contributed by atoms with van der Waals surface area (Å²) in [4.78, 5) is 29.2. The molecule has 2 aromatic carbocycles. The zero-order chi connectivity index (χ0) is 20.4. The molecule has 0 bridgehead atoms. The molecule has 2 heterocycles. The molecular formula is C23H25N3O3. The lowest BCUT2D eigenvalue weighted by Crippen LogP contribution is -2.34. The van der Waals surface area contributed by atoms with Crippen molar-refractivity contribution in [2.45, 2.75) is 19.3 Å². The van der Waals surface area contributed by atoms with Crippen LogP contribution in [0.3, 0.4) is 0 Å². The van der Waals surface area contributed by atoms with E-state index in [1.807, 2.05) is 24.3 Å². The highest BCUT2D eigenvalue weighted by Gasteiger charge is 2.24. The number of nitrogens with one attached hydrogen (secondary N) is 1. The second-order valence-electron chi connectivity index (χ2n) is 7.67. The van der Waals surface area contributed by atoms with E-state index in [1.54, 1.807) is 0 Å². The zero-order valence-corrected chi connectivity index (χ0v) is 16.2. The third kappa shape index (κ3) is 3.89.